The summed E-state index contributed by atoms with van der Waals surface area (Å²) in [4.78, 5) is 18.3. The van der Waals surface area contributed by atoms with Crippen LogP contribution in [0.5, 0.6) is 5.75 Å². The zero-order valence-corrected chi connectivity index (χ0v) is 17.2. The molecule has 4 nitrogen and oxygen atoms in total. The van der Waals surface area contributed by atoms with Crippen molar-refractivity contribution in [1.29, 1.82) is 0 Å². The molecule has 0 spiro atoms. The molecule has 4 rings (SSSR count). The van der Waals surface area contributed by atoms with Crippen LogP contribution in [0.2, 0.25) is 0 Å². The lowest BCUT2D eigenvalue weighted by atomic mass is 10.2. The summed E-state index contributed by atoms with van der Waals surface area (Å²) in [6.07, 6.45) is 0. The van der Waals surface area contributed by atoms with E-state index < -0.39 is 0 Å². The van der Waals surface area contributed by atoms with Gasteiger partial charge in [0.15, 0.2) is 0 Å². The molecule has 0 saturated heterocycles. The SMILES string of the molecule is COc1ccc(CNC(=O)c2[nH]c3ccccc3c2Sc2ccc(C)cc2)cc1. The van der Waals surface area contributed by atoms with E-state index in [2.05, 4.69) is 41.5 Å². The predicted molar refractivity (Wildman–Crippen MR) is 118 cm³/mol. The first-order valence-electron chi connectivity index (χ1n) is 9.40. The number of methoxy groups -OCH3 is 1. The van der Waals surface area contributed by atoms with Gasteiger partial charge in [-0.05, 0) is 42.8 Å². The number of H-pyrrole nitrogens is 1. The van der Waals surface area contributed by atoms with Crippen LogP contribution in [-0.4, -0.2) is 18.0 Å². The second-order valence-electron chi connectivity index (χ2n) is 6.82. The fourth-order valence-corrected chi connectivity index (χ4v) is 4.16. The van der Waals surface area contributed by atoms with Crippen LogP contribution >= 0.6 is 11.8 Å². The highest BCUT2D eigenvalue weighted by Gasteiger charge is 2.18. The van der Waals surface area contributed by atoms with E-state index in [1.165, 1.54) is 5.56 Å². The number of benzene rings is 3. The van der Waals surface area contributed by atoms with Crippen molar-refractivity contribution in [2.75, 3.05) is 7.11 Å². The van der Waals surface area contributed by atoms with Gasteiger partial charge in [0.2, 0.25) is 0 Å². The monoisotopic (exact) mass is 402 g/mol. The number of fused-ring (bicyclic) bond motifs is 1. The lowest BCUT2D eigenvalue weighted by Gasteiger charge is -2.08. The zero-order valence-electron chi connectivity index (χ0n) is 16.4. The molecule has 0 fully saturated rings. The van der Waals surface area contributed by atoms with Gasteiger partial charge in [-0.3, -0.25) is 4.79 Å². The van der Waals surface area contributed by atoms with E-state index in [9.17, 15) is 4.79 Å². The fraction of sp³-hybridized carbons (Fsp3) is 0.125. The molecule has 0 aliphatic heterocycles. The molecule has 5 heteroatoms. The van der Waals surface area contributed by atoms with Crippen molar-refractivity contribution in [2.45, 2.75) is 23.3 Å². The van der Waals surface area contributed by atoms with E-state index in [0.29, 0.717) is 12.2 Å². The van der Waals surface area contributed by atoms with E-state index in [4.69, 9.17) is 4.74 Å². The second kappa shape index (κ2) is 8.45. The molecule has 0 bridgehead atoms. The molecule has 0 aliphatic carbocycles. The summed E-state index contributed by atoms with van der Waals surface area (Å²) in [7, 11) is 1.64. The van der Waals surface area contributed by atoms with E-state index in [-0.39, 0.29) is 5.91 Å². The largest absolute Gasteiger partial charge is 0.497 e. The number of para-hydroxylation sites is 1. The number of aromatic nitrogens is 1. The Morgan fingerprint density at radius 2 is 1.72 bits per heavy atom. The number of hydrogen-bond acceptors (Lipinski definition) is 3. The zero-order chi connectivity index (χ0) is 20.2. The highest BCUT2D eigenvalue weighted by atomic mass is 32.2. The average Bonchev–Trinajstić information content (AvgIpc) is 3.12. The maximum Gasteiger partial charge on any atom is 0.269 e. The molecule has 0 radical (unpaired) electrons. The van der Waals surface area contributed by atoms with Gasteiger partial charge in [0.05, 0.1) is 12.0 Å². The van der Waals surface area contributed by atoms with Crippen molar-refractivity contribution in [3.63, 3.8) is 0 Å². The second-order valence-corrected chi connectivity index (χ2v) is 7.90. The number of carbonyl (C=O) groups is 1. The lowest BCUT2D eigenvalue weighted by molar-refractivity contribution is 0.0944. The highest BCUT2D eigenvalue weighted by Crippen LogP contribution is 2.36. The Bertz CT molecular complexity index is 1130. The standard InChI is InChI=1S/C24H22N2O2S/c1-16-7-13-19(14-8-16)29-23-20-5-3-4-6-21(20)26-22(23)24(27)25-15-17-9-11-18(28-2)12-10-17/h3-14,26H,15H2,1-2H3,(H,25,27). The smallest absolute Gasteiger partial charge is 0.269 e. The molecule has 1 amide bonds. The summed E-state index contributed by atoms with van der Waals surface area (Å²) >= 11 is 1.61. The molecule has 0 atom stereocenters. The number of nitrogens with one attached hydrogen (secondary N) is 2. The van der Waals surface area contributed by atoms with Crippen LogP contribution in [0, 0.1) is 6.92 Å². The fourth-order valence-electron chi connectivity index (χ4n) is 3.12. The maximum absolute atomic E-state index is 13.0. The molecule has 29 heavy (non-hydrogen) atoms. The summed E-state index contributed by atoms with van der Waals surface area (Å²) in [5.74, 6) is 0.680. The van der Waals surface area contributed by atoms with Crippen LogP contribution in [0.1, 0.15) is 21.6 Å². The Morgan fingerprint density at radius 3 is 2.45 bits per heavy atom. The summed E-state index contributed by atoms with van der Waals surface area (Å²) in [6.45, 7) is 2.52. The molecule has 1 heterocycles. The van der Waals surface area contributed by atoms with Gasteiger partial charge in [-0.15, -0.1) is 0 Å². The minimum absolute atomic E-state index is 0.119. The van der Waals surface area contributed by atoms with Gasteiger partial charge in [0, 0.05) is 22.3 Å². The van der Waals surface area contributed by atoms with E-state index in [0.717, 1.165) is 32.0 Å². The number of ether oxygens (including phenoxy) is 1. The van der Waals surface area contributed by atoms with Gasteiger partial charge in [-0.2, -0.15) is 0 Å². The van der Waals surface area contributed by atoms with Gasteiger partial charge < -0.3 is 15.0 Å². The number of aromatic amines is 1. The van der Waals surface area contributed by atoms with Gasteiger partial charge in [0.1, 0.15) is 11.4 Å². The molecule has 1 aromatic heterocycles. The molecule has 146 valence electrons. The third kappa shape index (κ3) is 4.30. The van der Waals surface area contributed by atoms with Crippen LogP contribution in [0.25, 0.3) is 10.9 Å². The maximum atomic E-state index is 13.0. The molecular formula is C24H22N2O2S. The van der Waals surface area contributed by atoms with E-state index in [1.807, 2.05) is 48.5 Å². The minimum Gasteiger partial charge on any atom is -0.497 e. The summed E-state index contributed by atoms with van der Waals surface area (Å²) < 4.78 is 5.18. The Labute approximate surface area is 174 Å². The first-order chi connectivity index (χ1) is 14.1. The molecule has 0 saturated carbocycles. The van der Waals surface area contributed by atoms with Crippen molar-refractivity contribution < 1.29 is 9.53 Å². The van der Waals surface area contributed by atoms with Crippen molar-refractivity contribution in [2.24, 2.45) is 0 Å². The van der Waals surface area contributed by atoms with Gasteiger partial charge in [0.25, 0.3) is 5.91 Å². The first-order valence-corrected chi connectivity index (χ1v) is 10.2. The Morgan fingerprint density at radius 1 is 1.00 bits per heavy atom. The number of aryl methyl sites for hydroxylation is 1. The summed E-state index contributed by atoms with van der Waals surface area (Å²) in [6, 6.07) is 24.0. The van der Waals surface area contributed by atoms with E-state index >= 15 is 0 Å². The van der Waals surface area contributed by atoms with Crippen LogP contribution in [0.3, 0.4) is 0 Å². The topological polar surface area (TPSA) is 54.1 Å². The van der Waals surface area contributed by atoms with Crippen LogP contribution in [0.15, 0.2) is 82.6 Å². The molecule has 2 N–H and O–H groups in total. The number of rotatable bonds is 6. The molecular weight excluding hydrogens is 380 g/mol. The summed E-state index contributed by atoms with van der Waals surface area (Å²) in [5.41, 5.74) is 3.77. The van der Waals surface area contributed by atoms with Crippen molar-refractivity contribution >= 4 is 28.6 Å². The van der Waals surface area contributed by atoms with Crippen molar-refractivity contribution in [3.8, 4) is 5.75 Å². The number of carbonyl (C=O) groups excluding carboxylic acids is 1. The number of amides is 1. The van der Waals surface area contributed by atoms with Crippen LogP contribution in [-0.2, 0) is 6.54 Å². The van der Waals surface area contributed by atoms with Crippen molar-refractivity contribution in [1.82, 2.24) is 10.3 Å². The lowest BCUT2D eigenvalue weighted by Crippen LogP contribution is -2.23. The van der Waals surface area contributed by atoms with E-state index in [1.54, 1.807) is 18.9 Å². The summed E-state index contributed by atoms with van der Waals surface area (Å²) in [5, 5.41) is 4.07. The quantitative estimate of drug-likeness (QED) is 0.443. The normalized spacial score (nSPS) is 10.8. The third-order valence-electron chi connectivity index (χ3n) is 4.74. The first kappa shape index (κ1) is 19.2. The van der Waals surface area contributed by atoms with Gasteiger partial charge in [-0.1, -0.05) is 59.8 Å². The average molecular weight is 403 g/mol. The molecule has 0 aliphatic rings. The van der Waals surface area contributed by atoms with Gasteiger partial charge >= 0.3 is 0 Å². The van der Waals surface area contributed by atoms with Crippen LogP contribution in [0.4, 0.5) is 0 Å². The Hall–Kier alpha value is -3.18. The molecule has 0 unspecified atom stereocenters. The minimum atomic E-state index is -0.119. The molecule has 3 aromatic carbocycles. The van der Waals surface area contributed by atoms with Crippen LogP contribution < -0.4 is 10.1 Å². The Balaban J connectivity index is 1.59. The Kier molecular flexibility index (Phi) is 5.58. The highest BCUT2D eigenvalue weighted by molar-refractivity contribution is 7.99. The molecule has 4 aromatic rings. The third-order valence-corrected chi connectivity index (χ3v) is 5.87. The van der Waals surface area contributed by atoms with Gasteiger partial charge in [-0.25, -0.2) is 0 Å². The number of hydrogen-bond donors (Lipinski definition) is 2. The van der Waals surface area contributed by atoms with Crippen molar-refractivity contribution in [3.05, 3.63) is 89.6 Å². The predicted octanol–water partition coefficient (Wildman–Crippen LogP) is 5.57.